The Bertz CT molecular complexity index is 2990. The monoisotopic (exact) mass is 998 g/mol. The van der Waals surface area contributed by atoms with E-state index in [1.165, 1.54) is 57.2 Å². The van der Waals surface area contributed by atoms with Crippen LogP contribution >= 0.6 is 0 Å². The number of amides is 1. The summed E-state index contributed by atoms with van der Waals surface area (Å²) in [6.07, 6.45) is 15.3. The fourth-order valence-electron chi connectivity index (χ4n) is 13.2. The van der Waals surface area contributed by atoms with E-state index in [0.29, 0.717) is 66.6 Å². The standard InChI is InChI=1S/C55H66N8O8S/c1-54(69-2)19-15-35(16-20-54)33-57-44-14-12-40(30-48(44)63(65)66)72(67,68)59-52(64)43-13-11-38(29-47(43)62-46-18-27-70-34-50(46)71-53-49(62)28-37-17-23-56-51(37)58-53)60-25-21-55(22-26-60)31-39(32-55)61-24-5-8-45(61)42-7-4-3-6-41(42)36-9-10-36/h3-4,6-7,11-14,17,23,28-30,35-36,39,45-46,50,57H,5,8-10,15-16,18-22,24-27,31-34H2,1-2H3,(H,56,58)(H,59,64)/t35?,45-,46-,50-,54?/m0/s1. The first kappa shape index (κ1) is 47.3. The van der Waals surface area contributed by atoms with Crippen LogP contribution in [-0.2, 0) is 19.5 Å². The molecule has 3 saturated carbocycles. The molecule has 3 N–H and O–H groups in total. The van der Waals surface area contributed by atoms with Crippen LogP contribution in [0.2, 0.25) is 0 Å². The van der Waals surface area contributed by atoms with Crippen molar-refractivity contribution in [2.24, 2.45) is 11.3 Å². The van der Waals surface area contributed by atoms with Crippen LogP contribution in [0.3, 0.4) is 0 Å². The molecule has 0 bridgehead atoms. The lowest BCUT2D eigenvalue weighted by Gasteiger charge is -2.56. The quantitative estimate of drug-likeness (QED) is 0.0749. The van der Waals surface area contributed by atoms with Gasteiger partial charge in [0.15, 0.2) is 0 Å². The predicted molar refractivity (Wildman–Crippen MR) is 276 cm³/mol. The number of carbonyl (C=O) groups excluding carboxylic acids is 1. The number of rotatable bonds is 13. The van der Waals surface area contributed by atoms with Gasteiger partial charge in [-0.25, -0.2) is 13.1 Å². The Hall–Kier alpha value is -5.75. The van der Waals surface area contributed by atoms with E-state index in [2.05, 4.69) is 60.9 Å². The number of nitrogens with one attached hydrogen (secondary N) is 3. The third-order valence-corrected chi connectivity index (χ3v) is 19.0. The summed E-state index contributed by atoms with van der Waals surface area (Å²) in [5.74, 6) is 0.553. The largest absolute Gasteiger partial charge is 0.468 e. The van der Waals surface area contributed by atoms with Gasteiger partial charge in [-0.3, -0.25) is 19.8 Å². The van der Waals surface area contributed by atoms with Crippen LogP contribution in [0.1, 0.15) is 124 Å². The molecule has 12 rings (SSSR count). The maximum atomic E-state index is 14.7. The molecule has 6 fully saturated rings. The second-order valence-electron chi connectivity index (χ2n) is 22.1. The van der Waals surface area contributed by atoms with Gasteiger partial charge in [0.1, 0.15) is 23.1 Å². The Morgan fingerprint density at radius 2 is 1.72 bits per heavy atom. The number of likely N-dealkylation sites (tertiary alicyclic amines) is 1. The number of methoxy groups -OCH3 is 1. The summed E-state index contributed by atoms with van der Waals surface area (Å²) in [4.78, 5) is 41.6. The molecular weight excluding hydrogens is 933 g/mol. The Morgan fingerprint density at radius 1 is 0.931 bits per heavy atom. The molecule has 3 aromatic carbocycles. The predicted octanol–water partition coefficient (Wildman–Crippen LogP) is 9.75. The summed E-state index contributed by atoms with van der Waals surface area (Å²) >= 11 is 0. The highest BCUT2D eigenvalue weighted by Gasteiger charge is 2.50. The fourth-order valence-corrected chi connectivity index (χ4v) is 14.2. The summed E-state index contributed by atoms with van der Waals surface area (Å²) in [6.45, 7) is 6.29. The number of nitro benzene ring substituents is 1. The van der Waals surface area contributed by atoms with Crippen molar-refractivity contribution in [3.63, 3.8) is 0 Å². The van der Waals surface area contributed by atoms with E-state index in [1.807, 2.05) is 30.5 Å². The highest BCUT2D eigenvalue weighted by molar-refractivity contribution is 7.90. The van der Waals surface area contributed by atoms with Crippen molar-refractivity contribution in [2.45, 2.75) is 131 Å². The fraction of sp³-hybridized carbons (Fsp3) is 0.527. The lowest BCUT2D eigenvalue weighted by molar-refractivity contribution is -0.384. The summed E-state index contributed by atoms with van der Waals surface area (Å²) in [6, 6.07) is 23.4. The van der Waals surface area contributed by atoms with Gasteiger partial charge >= 0.3 is 0 Å². The molecule has 6 heterocycles. The van der Waals surface area contributed by atoms with Gasteiger partial charge in [0.05, 0.1) is 39.3 Å². The number of aromatic nitrogens is 2. The lowest BCUT2D eigenvalue weighted by atomic mass is 9.59. The number of hydrogen-bond acceptors (Lipinski definition) is 13. The van der Waals surface area contributed by atoms with E-state index in [4.69, 9.17) is 19.2 Å². The molecule has 7 aliphatic rings. The van der Waals surface area contributed by atoms with Gasteiger partial charge in [-0.2, -0.15) is 4.98 Å². The smallest absolute Gasteiger partial charge is 0.293 e. The second-order valence-corrected chi connectivity index (χ2v) is 23.8. The van der Waals surface area contributed by atoms with Gasteiger partial charge in [0, 0.05) is 68.8 Å². The van der Waals surface area contributed by atoms with Crippen LogP contribution in [0.15, 0.2) is 83.9 Å². The number of sulfonamides is 1. The molecule has 0 radical (unpaired) electrons. The van der Waals surface area contributed by atoms with Crippen molar-refractivity contribution in [3.8, 4) is 5.88 Å². The zero-order valence-electron chi connectivity index (χ0n) is 41.3. The molecule has 3 saturated heterocycles. The van der Waals surface area contributed by atoms with Crippen LogP contribution in [0.25, 0.3) is 11.0 Å². The number of nitro groups is 1. The molecule has 16 nitrogen and oxygen atoms in total. The third kappa shape index (κ3) is 8.87. The maximum absolute atomic E-state index is 14.7. The van der Waals surface area contributed by atoms with Crippen molar-refractivity contribution in [2.75, 3.05) is 61.6 Å². The number of nitrogens with zero attached hydrogens (tertiary/aromatic N) is 5. The first-order valence-corrected chi connectivity index (χ1v) is 27.7. The molecule has 1 spiro atoms. The van der Waals surface area contributed by atoms with Crippen molar-refractivity contribution in [1.82, 2.24) is 19.6 Å². The highest BCUT2D eigenvalue weighted by Crippen LogP contribution is 2.55. The van der Waals surface area contributed by atoms with E-state index in [9.17, 15) is 23.3 Å². The SMILES string of the molecule is COC1(C)CCC(CNc2ccc(S(=O)(=O)NC(=O)c3ccc(N4CCC5(CC4)CC(N4CCC[C@H]4c4ccccc4C4CC4)C5)cc3N3c4cc5cc[nH]c5nc4O[C@H]4COCC[C@@H]43)cc2[N+](=O)[O-])CC1. The molecule has 5 aromatic rings. The molecule has 3 atom stereocenters. The lowest BCUT2D eigenvalue weighted by Crippen LogP contribution is -2.55. The number of piperidine rings is 1. The Balaban J connectivity index is 0.808. The molecule has 1 amide bonds. The van der Waals surface area contributed by atoms with E-state index in [0.717, 1.165) is 74.7 Å². The van der Waals surface area contributed by atoms with Gasteiger partial charge in [-0.15, -0.1) is 0 Å². The van der Waals surface area contributed by atoms with Crippen LogP contribution in [-0.4, -0.2) is 104 Å². The zero-order chi connectivity index (χ0) is 49.4. The van der Waals surface area contributed by atoms with E-state index < -0.39 is 27.0 Å². The summed E-state index contributed by atoms with van der Waals surface area (Å²) in [7, 11) is -2.87. The average Bonchev–Trinajstić information content (AvgIpc) is 3.94. The minimum absolute atomic E-state index is 0.137. The minimum Gasteiger partial charge on any atom is -0.468 e. The van der Waals surface area contributed by atoms with Gasteiger partial charge in [-0.1, -0.05) is 24.3 Å². The number of benzene rings is 3. The van der Waals surface area contributed by atoms with Crippen molar-refractivity contribution >= 4 is 55.4 Å². The third-order valence-electron chi connectivity index (χ3n) is 17.7. The Kier molecular flexibility index (Phi) is 12.2. The molecular formula is C55H66N8O8S. The Morgan fingerprint density at radius 3 is 2.49 bits per heavy atom. The molecule has 3 aliphatic carbocycles. The van der Waals surface area contributed by atoms with Gasteiger partial charge in [0.25, 0.3) is 21.6 Å². The van der Waals surface area contributed by atoms with E-state index in [-0.39, 0.29) is 39.4 Å². The van der Waals surface area contributed by atoms with Crippen LogP contribution in [0.5, 0.6) is 5.88 Å². The number of anilines is 4. The molecule has 0 unspecified atom stereocenters. The highest BCUT2D eigenvalue weighted by atomic mass is 32.2. The van der Waals surface area contributed by atoms with Crippen LogP contribution in [0.4, 0.5) is 28.4 Å². The van der Waals surface area contributed by atoms with Crippen molar-refractivity contribution in [1.29, 1.82) is 0 Å². The zero-order valence-corrected chi connectivity index (χ0v) is 42.1. The van der Waals surface area contributed by atoms with Crippen LogP contribution < -0.4 is 24.6 Å². The summed E-state index contributed by atoms with van der Waals surface area (Å²) < 4.78 is 48.9. The molecule has 17 heteroatoms. The number of pyridine rings is 1. The van der Waals surface area contributed by atoms with Gasteiger partial charge < -0.3 is 34.3 Å². The Labute approximate surface area is 421 Å². The van der Waals surface area contributed by atoms with E-state index >= 15 is 0 Å². The van der Waals surface area contributed by atoms with E-state index in [1.54, 1.807) is 24.3 Å². The normalized spacial score (nSPS) is 26.4. The number of ether oxygens (including phenoxy) is 3. The first-order valence-electron chi connectivity index (χ1n) is 26.3. The molecule has 72 heavy (non-hydrogen) atoms. The summed E-state index contributed by atoms with van der Waals surface area (Å²) in [5.41, 5.74) is 6.03. The van der Waals surface area contributed by atoms with Gasteiger partial charge in [-0.05, 0) is 168 Å². The van der Waals surface area contributed by atoms with Crippen molar-refractivity contribution in [3.05, 3.63) is 106 Å². The number of fused-ring (bicyclic) bond motifs is 3. The number of aromatic amines is 1. The number of H-pyrrole nitrogens is 1. The maximum Gasteiger partial charge on any atom is 0.293 e. The second kappa shape index (κ2) is 18.6. The first-order chi connectivity index (χ1) is 34.9. The molecule has 4 aliphatic heterocycles. The number of carbonyl (C=O) groups is 1. The summed E-state index contributed by atoms with van der Waals surface area (Å²) in [5, 5.41) is 16.5. The van der Waals surface area contributed by atoms with Crippen LogP contribution in [0, 0.1) is 21.4 Å². The minimum atomic E-state index is -4.60. The van der Waals surface area contributed by atoms with Gasteiger partial charge in [0.2, 0.25) is 5.88 Å². The molecule has 380 valence electrons. The number of hydrogen-bond donors (Lipinski definition) is 3. The average molecular weight is 999 g/mol. The molecule has 2 aromatic heterocycles. The topological polar surface area (TPSA) is 184 Å². The van der Waals surface area contributed by atoms with Crippen molar-refractivity contribution < 1.29 is 32.3 Å².